The van der Waals surface area contributed by atoms with Gasteiger partial charge in [0.25, 0.3) is 5.91 Å². The van der Waals surface area contributed by atoms with Gasteiger partial charge in [-0.3, -0.25) is 10.1 Å². The molecule has 0 fully saturated rings. The molecule has 0 unspecified atom stereocenters. The predicted octanol–water partition coefficient (Wildman–Crippen LogP) is 3.38. The highest BCUT2D eigenvalue weighted by Crippen LogP contribution is 2.27. The Morgan fingerprint density at radius 1 is 1.39 bits per heavy atom. The average Bonchev–Trinajstić information content (AvgIpc) is 3.12. The molecule has 1 amide bonds. The van der Waals surface area contributed by atoms with E-state index in [1.54, 1.807) is 6.92 Å². The van der Waals surface area contributed by atoms with E-state index in [0.29, 0.717) is 16.5 Å². The van der Waals surface area contributed by atoms with Crippen LogP contribution in [0.3, 0.4) is 0 Å². The van der Waals surface area contributed by atoms with E-state index in [9.17, 15) is 14.0 Å². The molecule has 118 valence electrons. The quantitative estimate of drug-likeness (QED) is 0.743. The number of nitrogens with zero attached hydrogens (tertiary/aromatic N) is 1. The minimum absolute atomic E-state index is 0.0698. The molecule has 23 heavy (non-hydrogen) atoms. The monoisotopic (exact) mass is 334 g/mol. The normalized spacial score (nSPS) is 10.7. The Labute approximate surface area is 133 Å². The molecule has 1 N–H and O–H groups in total. The van der Waals surface area contributed by atoms with Crippen LogP contribution in [0.25, 0.3) is 11.0 Å². The van der Waals surface area contributed by atoms with Crippen molar-refractivity contribution in [1.29, 1.82) is 0 Å². The van der Waals surface area contributed by atoms with Crippen molar-refractivity contribution in [2.45, 2.75) is 6.92 Å². The number of hydrogen-bond donors (Lipinski definition) is 1. The number of amides is 1. The topological polar surface area (TPSA) is 81.4 Å². The van der Waals surface area contributed by atoms with Crippen molar-refractivity contribution in [2.75, 3.05) is 12.4 Å². The summed E-state index contributed by atoms with van der Waals surface area (Å²) in [6.45, 7) is 1.67. The number of halogens is 1. The van der Waals surface area contributed by atoms with Gasteiger partial charge in [0.15, 0.2) is 10.9 Å². The van der Waals surface area contributed by atoms with E-state index in [1.165, 1.54) is 31.5 Å². The second-order valence-corrected chi connectivity index (χ2v) is 5.70. The van der Waals surface area contributed by atoms with Crippen molar-refractivity contribution in [3.05, 3.63) is 46.4 Å². The van der Waals surface area contributed by atoms with Gasteiger partial charge in [0.1, 0.15) is 16.3 Å². The highest BCUT2D eigenvalue weighted by atomic mass is 32.1. The van der Waals surface area contributed by atoms with Gasteiger partial charge in [-0.2, -0.15) is 0 Å². The number of aryl methyl sites for hydroxylation is 1. The number of fused-ring (bicyclic) bond motifs is 1. The highest BCUT2D eigenvalue weighted by molar-refractivity contribution is 7.17. The van der Waals surface area contributed by atoms with Crippen LogP contribution in [-0.2, 0) is 4.74 Å². The first-order valence-electron chi connectivity index (χ1n) is 6.53. The highest BCUT2D eigenvalue weighted by Gasteiger charge is 2.20. The van der Waals surface area contributed by atoms with Crippen LogP contribution in [0.4, 0.5) is 9.52 Å². The molecule has 0 atom stereocenters. The third-order valence-electron chi connectivity index (χ3n) is 3.22. The van der Waals surface area contributed by atoms with Crippen molar-refractivity contribution in [3.8, 4) is 0 Å². The Balaban J connectivity index is 1.87. The number of thiazole rings is 1. The maximum absolute atomic E-state index is 13.3. The summed E-state index contributed by atoms with van der Waals surface area (Å²) in [4.78, 5) is 27.9. The first-order valence-corrected chi connectivity index (χ1v) is 7.35. The van der Waals surface area contributed by atoms with Crippen LogP contribution in [0.15, 0.2) is 28.8 Å². The van der Waals surface area contributed by atoms with Crippen molar-refractivity contribution in [1.82, 2.24) is 4.98 Å². The van der Waals surface area contributed by atoms with Crippen molar-refractivity contribution in [2.24, 2.45) is 0 Å². The van der Waals surface area contributed by atoms with Crippen molar-refractivity contribution >= 4 is 39.3 Å². The van der Waals surface area contributed by atoms with E-state index in [2.05, 4.69) is 15.0 Å². The van der Waals surface area contributed by atoms with E-state index in [4.69, 9.17) is 4.42 Å². The molecule has 0 spiro atoms. The molecule has 0 saturated carbocycles. The maximum atomic E-state index is 13.3. The molecule has 2 aromatic heterocycles. The first-order chi connectivity index (χ1) is 11.0. The number of benzene rings is 1. The van der Waals surface area contributed by atoms with Gasteiger partial charge < -0.3 is 9.15 Å². The fourth-order valence-electron chi connectivity index (χ4n) is 2.09. The van der Waals surface area contributed by atoms with E-state index in [1.807, 2.05) is 0 Å². The molecule has 0 aliphatic heterocycles. The molecule has 8 heteroatoms. The number of methoxy groups -OCH3 is 1. The smallest absolute Gasteiger partial charge is 0.349 e. The van der Waals surface area contributed by atoms with Crippen LogP contribution < -0.4 is 5.32 Å². The van der Waals surface area contributed by atoms with Crippen LogP contribution in [-0.4, -0.2) is 24.0 Å². The fourth-order valence-corrected chi connectivity index (χ4v) is 2.82. The SMILES string of the molecule is COC(=O)c1cnc(NC(=O)c2oc3ccc(F)cc3c2C)s1. The van der Waals surface area contributed by atoms with Crippen molar-refractivity contribution < 1.29 is 23.1 Å². The third-order valence-corrected chi connectivity index (χ3v) is 4.11. The molecule has 0 bridgehead atoms. The Hall–Kier alpha value is -2.74. The van der Waals surface area contributed by atoms with Crippen LogP contribution >= 0.6 is 11.3 Å². The zero-order valence-electron chi connectivity index (χ0n) is 12.2. The van der Waals surface area contributed by atoms with Crippen LogP contribution in [0, 0.1) is 12.7 Å². The summed E-state index contributed by atoms with van der Waals surface area (Å²) in [7, 11) is 1.26. The molecule has 0 aliphatic rings. The Bertz CT molecular complexity index is 915. The number of ether oxygens (including phenoxy) is 1. The predicted molar refractivity (Wildman–Crippen MR) is 82.3 cm³/mol. The maximum Gasteiger partial charge on any atom is 0.349 e. The lowest BCUT2D eigenvalue weighted by molar-refractivity contribution is 0.0606. The standard InChI is InChI=1S/C15H11FN2O4S/c1-7-9-5-8(16)3-4-10(9)22-12(7)13(19)18-15-17-6-11(23-15)14(20)21-2/h3-6H,1-2H3,(H,17,18,19). The summed E-state index contributed by atoms with van der Waals surface area (Å²) < 4.78 is 23.3. The number of furan rings is 1. The molecule has 3 aromatic rings. The van der Waals surface area contributed by atoms with Gasteiger partial charge in [-0.15, -0.1) is 0 Å². The fraction of sp³-hybridized carbons (Fsp3) is 0.133. The second-order valence-electron chi connectivity index (χ2n) is 4.67. The van der Waals surface area contributed by atoms with Crippen LogP contribution in [0.2, 0.25) is 0 Å². The summed E-state index contributed by atoms with van der Waals surface area (Å²) in [5, 5.41) is 3.32. The molecule has 6 nitrogen and oxygen atoms in total. The molecule has 1 aromatic carbocycles. The summed E-state index contributed by atoms with van der Waals surface area (Å²) in [5.74, 6) is -1.39. The zero-order valence-corrected chi connectivity index (χ0v) is 13.0. The number of carbonyl (C=O) groups is 2. The number of nitrogens with one attached hydrogen (secondary N) is 1. The number of hydrogen-bond acceptors (Lipinski definition) is 6. The zero-order chi connectivity index (χ0) is 16.6. The minimum Gasteiger partial charge on any atom is -0.465 e. The van der Waals surface area contributed by atoms with Crippen molar-refractivity contribution in [3.63, 3.8) is 0 Å². The largest absolute Gasteiger partial charge is 0.465 e. The third kappa shape index (κ3) is 2.80. The van der Waals surface area contributed by atoms with Gasteiger partial charge in [0.05, 0.1) is 13.3 Å². The lowest BCUT2D eigenvalue weighted by Gasteiger charge is -1.99. The Kier molecular flexibility index (Phi) is 3.83. The van der Waals surface area contributed by atoms with E-state index in [0.717, 1.165) is 11.3 Å². The molecular weight excluding hydrogens is 323 g/mol. The number of esters is 1. The number of anilines is 1. The average molecular weight is 334 g/mol. The van der Waals surface area contributed by atoms with Gasteiger partial charge in [0, 0.05) is 10.9 Å². The lowest BCUT2D eigenvalue weighted by atomic mass is 10.1. The first kappa shape index (κ1) is 15.2. The molecule has 0 aliphatic carbocycles. The van der Waals surface area contributed by atoms with Crippen LogP contribution in [0.1, 0.15) is 25.8 Å². The molecule has 3 rings (SSSR count). The van der Waals surface area contributed by atoms with E-state index >= 15 is 0 Å². The van der Waals surface area contributed by atoms with Gasteiger partial charge in [0.2, 0.25) is 0 Å². The van der Waals surface area contributed by atoms with Gasteiger partial charge in [-0.05, 0) is 25.1 Å². The van der Waals surface area contributed by atoms with Gasteiger partial charge in [-0.25, -0.2) is 14.2 Å². The minimum atomic E-state index is -0.529. The van der Waals surface area contributed by atoms with Gasteiger partial charge in [-0.1, -0.05) is 11.3 Å². The number of carbonyl (C=O) groups excluding carboxylic acids is 2. The molecule has 0 saturated heterocycles. The second kappa shape index (κ2) is 5.81. The molecular formula is C15H11FN2O4S. The van der Waals surface area contributed by atoms with Gasteiger partial charge >= 0.3 is 5.97 Å². The summed E-state index contributed by atoms with van der Waals surface area (Å²) in [5.41, 5.74) is 0.949. The molecule has 2 heterocycles. The summed E-state index contributed by atoms with van der Waals surface area (Å²) in [6, 6.07) is 4.04. The summed E-state index contributed by atoms with van der Waals surface area (Å²) >= 11 is 0.984. The van der Waals surface area contributed by atoms with E-state index < -0.39 is 17.7 Å². The van der Waals surface area contributed by atoms with E-state index in [-0.39, 0.29) is 15.8 Å². The number of aromatic nitrogens is 1. The number of rotatable bonds is 3. The van der Waals surface area contributed by atoms with Crippen LogP contribution in [0.5, 0.6) is 0 Å². The Morgan fingerprint density at radius 3 is 2.91 bits per heavy atom. The lowest BCUT2D eigenvalue weighted by Crippen LogP contribution is -2.11. The summed E-state index contributed by atoms with van der Waals surface area (Å²) in [6.07, 6.45) is 1.31. The Morgan fingerprint density at radius 2 is 2.17 bits per heavy atom. The molecule has 0 radical (unpaired) electrons.